The van der Waals surface area contributed by atoms with Gasteiger partial charge in [-0.15, -0.1) is 0 Å². The number of benzene rings is 2. The monoisotopic (exact) mass is 432 g/mol. The molecule has 1 atom stereocenters. The molecule has 0 aliphatic heterocycles. The molecule has 0 radical (unpaired) electrons. The number of phenols is 1. The van der Waals surface area contributed by atoms with Crippen LogP contribution in [-0.2, 0) is 16.0 Å². The lowest BCUT2D eigenvalue weighted by atomic mass is 10.0. The van der Waals surface area contributed by atoms with Gasteiger partial charge in [-0.05, 0) is 74.1 Å². The molecule has 2 amide bonds. The van der Waals surface area contributed by atoms with E-state index in [9.17, 15) is 14.7 Å². The van der Waals surface area contributed by atoms with Crippen LogP contribution in [-0.4, -0.2) is 29.6 Å². The fourth-order valence-corrected chi connectivity index (χ4v) is 3.21. The Morgan fingerprint density at radius 2 is 1.73 bits per heavy atom. The van der Waals surface area contributed by atoms with E-state index in [1.807, 2.05) is 26.0 Å². The minimum Gasteiger partial charge on any atom is -0.508 e. The summed E-state index contributed by atoms with van der Waals surface area (Å²) in [5.74, 6) is 0.148. The molecule has 0 aromatic heterocycles. The second-order valence-corrected chi connectivity index (χ2v) is 7.80. The van der Waals surface area contributed by atoms with Crippen molar-refractivity contribution in [2.24, 2.45) is 5.73 Å². The van der Waals surface area contributed by atoms with Crippen molar-refractivity contribution in [2.45, 2.75) is 52.0 Å². The summed E-state index contributed by atoms with van der Waals surface area (Å²) in [5.41, 5.74) is 8.19. The summed E-state index contributed by atoms with van der Waals surface area (Å²) in [6.45, 7) is 4.45. The van der Waals surface area contributed by atoms with Crippen molar-refractivity contribution >= 4 is 23.4 Å². The molecular weight excluding hydrogens is 404 g/mol. The standard InChI is InChI=1S/C23H29ClN2O4/c1-15-12-19(13-16(2)22(15)24)30-11-5-3-4-6-21(28)26-20(23(25)29)14-17-7-9-18(27)10-8-17/h7-10,12-13,20,27H,3-6,11,14H2,1-2H3,(H2,25,29)(H,26,28). The minimum absolute atomic E-state index is 0.142. The van der Waals surface area contributed by atoms with Crippen LogP contribution in [0.3, 0.4) is 0 Å². The van der Waals surface area contributed by atoms with Gasteiger partial charge in [-0.25, -0.2) is 0 Å². The van der Waals surface area contributed by atoms with E-state index in [-0.39, 0.29) is 18.1 Å². The first kappa shape index (κ1) is 23.5. The average Bonchev–Trinajstić information content (AvgIpc) is 2.69. The number of aromatic hydroxyl groups is 1. The summed E-state index contributed by atoms with van der Waals surface area (Å²) in [5, 5.41) is 12.8. The highest BCUT2D eigenvalue weighted by atomic mass is 35.5. The number of aryl methyl sites for hydroxylation is 2. The summed E-state index contributed by atoms with van der Waals surface area (Å²) in [7, 11) is 0. The number of hydrogen-bond acceptors (Lipinski definition) is 4. The third-order valence-corrected chi connectivity index (χ3v) is 5.38. The molecule has 0 saturated carbocycles. The Balaban J connectivity index is 1.68. The Bertz CT molecular complexity index is 845. The quantitative estimate of drug-likeness (QED) is 0.470. The largest absolute Gasteiger partial charge is 0.508 e. The molecule has 7 heteroatoms. The number of unbranched alkanes of at least 4 members (excludes halogenated alkanes) is 2. The van der Waals surface area contributed by atoms with Crippen LogP contribution in [0.25, 0.3) is 0 Å². The Morgan fingerprint density at radius 1 is 1.10 bits per heavy atom. The smallest absolute Gasteiger partial charge is 0.240 e. The summed E-state index contributed by atoms with van der Waals surface area (Å²) in [6, 6.07) is 9.51. The number of halogens is 1. The van der Waals surface area contributed by atoms with Gasteiger partial charge in [0.15, 0.2) is 0 Å². The molecular formula is C23H29ClN2O4. The van der Waals surface area contributed by atoms with Crippen molar-refractivity contribution in [1.29, 1.82) is 0 Å². The van der Waals surface area contributed by atoms with Crippen LogP contribution in [0.4, 0.5) is 0 Å². The lowest BCUT2D eigenvalue weighted by Gasteiger charge is -2.15. The number of nitrogens with two attached hydrogens (primary N) is 1. The van der Waals surface area contributed by atoms with Crippen LogP contribution in [0.5, 0.6) is 11.5 Å². The number of primary amides is 1. The van der Waals surface area contributed by atoms with Crippen molar-refractivity contribution < 1.29 is 19.4 Å². The van der Waals surface area contributed by atoms with E-state index in [0.717, 1.165) is 40.3 Å². The lowest BCUT2D eigenvalue weighted by molar-refractivity contribution is -0.127. The molecule has 0 spiro atoms. The van der Waals surface area contributed by atoms with Gasteiger partial charge in [-0.1, -0.05) is 23.7 Å². The molecule has 2 rings (SSSR count). The molecule has 1 unspecified atom stereocenters. The second-order valence-electron chi connectivity index (χ2n) is 7.42. The maximum Gasteiger partial charge on any atom is 0.240 e. The highest BCUT2D eigenvalue weighted by Crippen LogP contribution is 2.26. The van der Waals surface area contributed by atoms with Crippen LogP contribution < -0.4 is 15.8 Å². The van der Waals surface area contributed by atoms with Gasteiger partial charge in [0.1, 0.15) is 17.5 Å². The summed E-state index contributed by atoms with van der Waals surface area (Å²) < 4.78 is 5.76. The Labute approximate surface area is 182 Å². The number of hydrogen-bond donors (Lipinski definition) is 3. The van der Waals surface area contributed by atoms with Crippen molar-refractivity contribution in [3.05, 3.63) is 58.1 Å². The number of rotatable bonds is 11. The van der Waals surface area contributed by atoms with Gasteiger partial charge in [-0.3, -0.25) is 9.59 Å². The minimum atomic E-state index is -0.776. The van der Waals surface area contributed by atoms with Gasteiger partial charge in [0, 0.05) is 17.9 Å². The van der Waals surface area contributed by atoms with Crippen LogP contribution in [0.15, 0.2) is 36.4 Å². The molecule has 2 aromatic carbocycles. The van der Waals surface area contributed by atoms with Crippen LogP contribution in [0.1, 0.15) is 42.4 Å². The van der Waals surface area contributed by atoms with E-state index in [4.69, 9.17) is 22.1 Å². The molecule has 0 heterocycles. The van der Waals surface area contributed by atoms with E-state index in [1.165, 1.54) is 12.1 Å². The number of carbonyl (C=O) groups is 2. The van der Waals surface area contributed by atoms with E-state index in [0.29, 0.717) is 19.4 Å². The first-order valence-electron chi connectivity index (χ1n) is 10.0. The van der Waals surface area contributed by atoms with Gasteiger partial charge < -0.3 is 20.9 Å². The van der Waals surface area contributed by atoms with Crippen LogP contribution >= 0.6 is 11.6 Å². The van der Waals surface area contributed by atoms with E-state index >= 15 is 0 Å². The molecule has 2 aromatic rings. The lowest BCUT2D eigenvalue weighted by Crippen LogP contribution is -2.45. The van der Waals surface area contributed by atoms with E-state index in [1.54, 1.807) is 12.1 Å². The molecule has 6 nitrogen and oxygen atoms in total. The number of carbonyl (C=O) groups excluding carboxylic acids is 2. The molecule has 0 aliphatic carbocycles. The van der Waals surface area contributed by atoms with Crippen molar-refractivity contribution in [3.8, 4) is 11.5 Å². The zero-order valence-electron chi connectivity index (χ0n) is 17.4. The number of ether oxygens (including phenoxy) is 1. The first-order valence-corrected chi connectivity index (χ1v) is 10.4. The number of nitrogens with one attached hydrogen (secondary N) is 1. The first-order chi connectivity index (χ1) is 14.3. The second kappa shape index (κ2) is 11.5. The molecule has 162 valence electrons. The summed E-state index contributed by atoms with van der Waals surface area (Å²) in [6.07, 6.45) is 2.95. The van der Waals surface area contributed by atoms with Crippen molar-refractivity contribution in [2.75, 3.05) is 6.61 Å². The van der Waals surface area contributed by atoms with Crippen LogP contribution in [0.2, 0.25) is 5.02 Å². The number of amides is 2. The van der Waals surface area contributed by atoms with Gasteiger partial charge in [0.25, 0.3) is 0 Å². The van der Waals surface area contributed by atoms with E-state index < -0.39 is 11.9 Å². The van der Waals surface area contributed by atoms with Gasteiger partial charge in [0.05, 0.1) is 6.61 Å². The average molecular weight is 433 g/mol. The van der Waals surface area contributed by atoms with Gasteiger partial charge >= 0.3 is 0 Å². The third kappa shape index (κ3) is 7.59. The highest BCUT2D eigenvalue weighted by Gasteiger charge is 2.18. The Hall–Kier alpha value is -2.73. The SMILES string of the molecule is Cc1cc(OCCCCCC(=O)NC(Cc2ccc(O)cc2)C(N)=O)cc(C)c1Cl. The molecule has 0 saturated heterocycles. The van der Waals surface area contributed by atoms with E-state index in [2.05, 4.69) is 5.32 Å². The predicted molar refractivity (Wildman–Crippen MR) is 118 cm³/mol. The molecule has 0 aliphatic rings. The zero-order chi connectivity index (χ0) is 22.1. The normalized spacial score (nSPS) is 11.7. The van der Waals surface area contributed by atoms with Crippen molar-refractivity contribution in [3.63, 3.8) is 0 Å². The zero-order valence-corrected chi connectivity index (χ0v) is 18.2. The molecule has 0 bridgehead atoms. The fourth-order valence-electron chi connectivity index (χ4n) is 3.10. The summed E-state index contributed by atoms with van der Waals surface area (Å²) in [4.78, 5) is 23.8. The Morgan fingerprint density at radius 3 is 2.33 bits per heavy atom. The third-order valence-electron chi connectivity index (χ3n) is 4.78. The van der Waals surface area contributed by atoms with Gasteiger partial charge in [0.2, 0.25) is 11.8 Å². The summed E-state index contributed by atoms with van der Waals surface area (Å²) >= 11 is 6.16. The molecule has 0 fully saturated rings. The Kier molecular flexibility index (Phi) is 8.99. The molecule has 30 heavy (non-hydrogen) atoms. The number of phenolic OH excluding ortho intramolecular Hbond substituents is 1. The fraction of sp³-hybridized carbons (Fsp3) is 0.391. The maximum atomic E-state index is 12.2. The highest BCUT2D eigenvalue weighted by molar-refractivity contribution is 6.32. The van der Waals surface area contributed by atoms with Crippen molar-refractivity contribution in [1.82, 2.24) is 5.32 Å². The topological polar surface area (TPSA) is 102 Å². The predicted octanol–water partition coefficient (Wildman–Crippen LogP) is 3.81. The molecule has 4 N–H and O–H groups in total. The maximum absolute atomic E-state index is 12.2. The van der Waals surface area contributed by atoms with Crippen LogP contribution in [0, 0.1) is 13.8 Å². The van der Waals surface area contributed by atoms with Gasteiger partial charge in [-0.2, -0.15) is 0 Å².